The Labute approximate surface area is 89.5 Å². The number of nitrogens with zero attached hydrogens (tertiary/aromatic N) is 1. The summed E-state index contributed by atoms with van der Waals surface area (Å²) in [5.41, 5.74) is 1.25. The molecule has 0 saturated heterocycles. The summed E-state index contributed by atoms with van der Waals surface area (Å²) >= 11 is 0. The van der Waals surface area contributed by atoms with E-state index in [0.29, 0.717) is 0 Å². The molecule has 0 N–H and O–H groups in total. The molecular formula is C13H13NO. The predicted octanol–water partition coefficient (Wildman–Crippen LogP) is 2.14. The standard InChI is InChI=1S/C13H13NO/c15-13-7-4-9-14(10-8-13)11-12-5-2-1-3-6-12/h1-8,10H,9,11H2. The van der Waals surface area contributed by atoms with Crippen LogP contribution in [0, 0.1) is 0 Å². The minimum absolute atomic E-state index is 0.0607. The zero-order chi connectivity index (χ0) is 10.5. The Kier molecular flexibility index (Phi) is 2.98. The molecule has 1 heterocycles. The van der Waals surface area contributed by atoms with Crippen LogP contribution >= 0.6 is 0 Å². The van der Waals surface area contributed by atoms with Gasteiger partial charge < -0.3 is 4.90 Å². The normalized spacial score (nSPS) is 15.5. The lowest BCUT2D eigenvalue weighted by molar-refractivity contribution is -0.110. The van der Waals surface area contributed by atoms with Crippen LogP contribution in [0.2, 0.25) is 0 Å². The number of allylic oxidation sites excluding steroid dienone is 2. The average Bonchev–Trinajstić information content (AvgIpc) is 2.46. The van der Waals surface area contributed by atoms with Crippen molar-refractivity contribution in [1.82, 2.24) is 4.90 Å². The maximum Gasteiger partial charge on any atom is 0.179 e. The van der Waals surface area contributed by atoms with E-state index < -0.39 is 0 Å². The van der Waals surface area contributed by atoms with Gasteiger partial charge in [-0.15, -0.1) is 0 Å². The molecule has 0 aliphatic carbocycles. The molecule has 1 aliphatic heterocycles. The molecule has 1 aromatic rings. The van der Waals surface area contributed by atoms with Gasteiger partial charge in [0.15, 0.2) is 5.78 Å². The molecule has 0 aromatic heterocycles. The molecule has 0 amide bonds. The quantitative estimate of drug-likeness (QED) is 0.727. The first-order valence-electron chi connectivity index (χ1n) is 5.01. The van der Waals surface area contributed by atoms with E-state index >= 15 is 0 Å². The van der Waals surface area contributed by atoms with Crippen LogP contribution in [0.3, 0.4) is 0 Å². The Morgan fingerprint density at radius 2 is 1.93 bits per heavy atom. The van der Waals surface area contributed by atoms with Crippen molar-refractivity contribution in [2.24, 2.45) is 0 Å². The molecule has 0 bridgehead atoms. The van der Waals surface area contributed by atoms with E-state index in [0.717, 1.165) is 13.1 Å². The van der Waals surface area contributed by atoms with Gasteiger partial charge in [0.1, 0.15) is 0 Å². The van der Waals surface area contributed by atoms with Crippen molar-refractivity contribution in [2.45, 2.75) is 6.54 Å². The zero-order valence-corrected chi connectivity index (χ0v) is 8.47. The van der Waals surface area contributed by atoms with Crippen molar-refractivity contribution < 1.29 is 4.79 Å². The van der Waals surface area contributed by atoms with Crippen LogP contribution < -0.4 is 0 Å². The Balaban J connectivity index is 2.04. The first kappa shape index (κ1) is 9.71. The van der Waals surface area contributed by atoms with Gasteiger partial charge in [0.05, 0.1) is 0 Å². The zero-order valence-electron chi connectivity index (χ0n) is 8.47. The third-order valence-electron chi connectivity index (χ3n) is 2.30. The van der Waals surface area contributed by atoms with Gasteiger partial charge in [-0.25, -0.2) is 0 Å². The second-order valence-electron chi connectivity index (χ2n) is 3.54. The summed E-state index contributed by atoms with van der Waals surface area (Å²) in [6.45, 7) is 1.63. The van der Waals surface area contributed by atoms with Gasteiger partial charge in [0.2, 0.25) is 0 Å². The van der Waals surface area contributed by atoms with Crippen molar-refractivity contribution in [3.05, 3.63) is 60.3 Å². The topological polar surface area (TPSA) is 20.3 Å². The number of rotatable bonds is 2. The highest BCUT2D eigenvalue weighted by Crippen LogP contribution is 2.06. The van der Waals surface area contributed by atoms with E-state index in [2.05, 4.69) is 17.0 Å². The van der Waals surface area contributed by atoms with Crippen LogP contribution in [-0.2, 0) is 11.3 Å². The first-order valence-corrected chi connectivity index (χ1v) is 5.01. The fourth-order valence-corrected chi connectivity index (χ4v) is 1.53. The van der Waals surface area contributed by atoms with E-state index in [-0.39, 0.29) is 5.78 Å². The van der Waals surface area contributed by atoms with Crippen LogP contribution in [0.5, 0.6) is 0 Å². The van der Waals surface area contributed by atoms with Gasteiger partial charge in [-0.3, -0.25) is 4.79 Å². The lowest BCUT2D eigenvalue weighted by Crippen LogP contribution is -2.15. The Morgan fingerprint density at radius 3 is 2.73 bits per heavy atom. The lowest BCUT2D eigenvalue weighted by atomic mass is 10.2. The van der Waals surface area contributed by atoms with Gasteiger partial charge in [0.25, 0.3) is 0 Å². The molecule has 2 heteroatoms. The minimum atomic E-state index is 0.0607. The number of hydrogen-bond donors (Lipinski definition) is 0. The molecule has 2 nitrogen and oxygen atoms in total. The average molecular weight is 199 g/mol. The van der Waals surface area contributed by atoms with Crippen LogP contribution in [0.4, 0.5) is 0 Å². The van der Waals surface area contributed by atoms with Crippen molar-refractivity contribution >= 4 is 5.78 Å². The summed E-state index contributed by atoms with van der Waals surface area (Å²) in [4.78, 5) is 13.2. The molecule has 1 aliphatic rings. The summed E-state index contributed by atoms with van der Waals surface area (Å²) in [6.07, 6.45) is 6.97. The third kappa shape index (κ3) is 2.81. The van der Waals surface area contributed by atoms with Gasteiger partial charge in [0, 0.05) is 25.4 Å². The predicted molar refractivity (Wildman–Crippen MR) is 60.1 cm³/mol. The maximum absolute atomic E-state index is 11.1. The molecule has 0 unspecified atom stereocenters. The highest BCUT2D eigenvalue weighted by molar-refractivity contribution is 5.99. The number of ketones is 1. The fourth-order valence-electron chi connectivity index (χ4n) is 1.53. The summed E-state index contributed by atoms with van der Waals surface area (Å²) in [6, 6.07) is 10.2. The highest BCUT2D eigenvalue weighted by Gasteiger charge is 2.02. The smallest absolute Gasteiger partial charge is 0.179 e. The monoisotopic (exact) mass is 199 g/mol. The van der Waals surface area contributed by atoms with Crippen molar-refractivity contribution in [2.75, 3.05) is 6.54 Å². The van der Waals surface area contributed by atoms with E-state index in [1.165, 1.54) is 5.56 Å². The molecule has 0 atom stereocenters. The van der Waals surface area contributed by atoms with E-state index in [4.69, 9.17) is 0 Å². The largest absolute Gasteiger partial charge is 0.369 e. The molecular weight excluding hydrogens is 186 g/mol. The molecule has 0 spiro atoms. The van der Waals surface area contributed by atoms with E-state index in [1.54, 1.807) is 12.2 Å². The van der Waals surface area contributed by atoms with E-state index in [1.807, 2.05) is 30.5 Å². The fraction of sp³-hybridized carbons (Fsp3) is 0.154. The van der Waals surface area contributed by atoms with Crippen LogP contribution in [-0.4, -0.2) is 17.2 Å². The minimum Gasteiger partial charge on any atom is -0.369 e. The number of hydrogen-bond acceptors (Lipinski definition) is 2. The molecule has 2 rings (SSSR count). The van der Waals surface area contributed by atoms with Crippen molar-refractivity contribution in [1.29, 1.82) is 0 Å². The maximum atomic E-state index is 11.1. The molecule has 76 valence electrons. The van der Waals surface area contributed by atoms with Gasteiger partial charge in [-0.1, -0.05) is 36.4 Å². The SMILES string of the molecule is O=C1C=CCN(Cc2ccccc2)C=C1. The van der Waals surface area contributed by atoms with E-state index in [9.17, 15) is 4.79 Å². The Bertz CT molecular complexity index is 392. The highest BCUT2D eigenvalue weighted by atomic mass is 16.1. The summed E-state index contributed by atoms with van der Waals surface area (Å²) in [5.74, 6) is 0.0607. The van der Waals surface area contributed by atoms with Crippen molar-refractivity contribution in [3.63, 3.8) is 0 Å². The first-order chi connectivity index (χ1) is 7.34. The number of carbonyl (C=O) groups excluding carboxylic acids is 1. The van der Waals surface area contributed by atoms with Gasteiger partial charge in [-0.2, -0.15) is 0 Å². The van der Waals surface area contributed by atoms with Crippen LogP contribution in [0.25, 0.3) is 0 Å². The number of carbonyl (C=O) groups is 1. The molecule has 0 radical (unpaired) electrons. The number of benzene rings is 1. The summed E-state index contributed by atoms with van der Waals surface area (Å²) in [7, 11) is 0. The third-order valence-corrected chi connectivity index (χ3v) is 2.30. The molecule has 1 aromatic carbocycles. The second-order valence-corrected chi connectivity index (χ2v) is 3.54. The van der Waals surface area contributed by atoms with Crippen LogP contribution in [0.1, 0.15) is 5.56 Å². The Hall–Kier alpha value is -1.83. The van der Waals surface area contributed by atoms with Crippen molar-refractivity contribution in [3.8, 4) is 0 Å². The van der Waals surface area contributed by atoms with Crippen LogP contribution in [0.15, 0.2) is 54.8 Å². The Morgan fingerprint density at radius 1 is 1.13 bits per heavy atom. The molecule has 15 heavy (non-hydrogen) atoms. The molecule has 0 fully saturated rings. The van der Waals surface area contributed by atoms with Gasteiger partial charge in [-0.05, 0) is 11.6 Å². The molecule has 0 saturated carbocycles. The van der Waals surface area contributed by atoms with Gasteiger partial charge >= 0.3 is 0 Å². The summed E-state index contributed by atoms with van der Waals surface area (Å²) < 4.78 is 0. The summed E-state index contributed by atoms with van der Waals surface area (Å²) in [5, 5.41) is 0. The lowest BCUT2D eigenvalue weighted by Gasteiger charge is -2.17. The second kappa shape index (κ2) is 4.60.